The first kappa shape index (κ1) is 21.9. The number of carbonyl (C=O) groups excluding carboxylic acids is 1. The smallest absolute Gasteiger partial charge is 0.321 e. The van der Waals surface area contributed by atoms with Gasteiger partial charge in [-0.2, -0.15) is 0 Å². The molecule has 166 valence electrons. The molecule has 2 aromatic carbocycles. The second kappa shape index (κ2) is 8.67. The van der Waals surface area contributed by atoms with Crippen LogP contribution in [0.4, 0.5) is 14.3 Å². The Morgan fingerprint density at radius 3 is 2.69 bits per heavy atom. The lowest BCUT2D eigenvalue weighted by Crippen LogP contribution is -2.30. The molecule has 2 amide bonds. The van der Waals surface area contributed by atoms with Gasteiger partial charge in [-0.25, -0.2) is 27.6 Å². The minimum atomic E-state index is -3.65. The van der Waals surface area contributed by atoms with Crippen LogP contribution in [0, 0.1) is 12.7 Å². The Labute approximate surface area is 187 Å². The summed E-state index contributed by atoms with van der Waals surface area (Å²) in [6, 6.07) is 11.2. The third-order valence-corrected chi connectivity index (χ3v) is 6.95. The third-order valence-electron chi connectivity index (χ3n) is 4.70. The number of anilines is 1. The van der Waals surface area contributed by atoms with Crippen molar-refractivity contribution >= 4 is 43.4 Å². The molecule has 2 aromatic heterocycles. The van der Waals surface area contributed by atoms with Crippen LogP contribution >= 0.6 is 11.3 Å². The van der Waals surface area contributed by atoms with Gasteiger partial charge in [0, 0.05) is 19.2 Å². The first-order valence-corrected chi connectivity index (χ1v) is 12.4. The van der Waals surface area contributed by atoms with E-state index in [2.05, 4.69) is 25.6 Å². The minimum Gasteiger partial charge on any atom is -0.342 e. The van der Waals surface area contributed by atoms with Crippen molar-refractivity contribution < 1.29 is 17.6 Å². The average molecular weight is 474 g/mol. The van der Waals surface area contributed by atoms with Gasteiger partial charge in [0.1, 0.15) is 16.5 Å². The molecule has 0 spiro atoms. The van der Waals surface area contributed by atoms with Crippen LogP contribution in [0.2, 0.25) is 0 Å². The molecule has 0 fully saturated rings. The molecule has 11 heteroatoms. The Hall–Kier alpha value is -3.31. The van der Waals surface area contributed by atoms with Crippen LogP contribution in [0.15, 0.2) is 47.4 Å². The molecule has 0 saturated heterocycles. The molecule has 0 aliphatic carbocycles. The van der Waals surface area contributed by atoms with E-state index >= 15 is 0 Å². The number of rotatable bonds is 6. The number of benzene rings is 2. The number of amides is 2. The maximum absolute atomic E-state index is 14.2. The summed E-state index contributed by atoms with van der Waals surface area (Å²) in [5.41, 5.74) is 2.90. The molecule has 3 N–H and O–H groups in total. The van der Waals surface area contributed by atoms with Crippen LogP contribution in [0.3, 0.4) is 0 Å². The highest BCUT2D eigenvalue weighted by Gasteiger charge is 2.17. The highest BCUT2D eigenvalue weighted by molar-refractivity contribution is 7.90. The lowest BCUT2D eigenvalue weighted by Gasteiger charge is -2.04. The van der Waals surface area contributed by atoms with Crippen LogP contribution in [-0.4, -0.2) is 42.2 Å². The van der Waals surface area contributed by atoms with E-state index in [-0.39, 0.29) is 4.90 Å². The van der Waals surface area contributed by atoms with Crippen LogP contribution < -0.4 is 10.6 Å². The fourth-order valence-electron chi connectivity index (χ4n) is 3.22. The van der Waals surface area contributed by atoms with Gasteiger partial charge in [0.05, 0.1) is 21.6 Å². The van der Waals surface area contributed by atoms with Crippen LogP contribution in [-0.2, 0) is 16.3 Å². The zero-order valence-electron chi connectivity index (χ0n) is 17.3. The maximum atomic E-state index is 14.2. The number of aryl methyl sites for hydroxylation is 1. The number of carbonyl (C=O) groups is 1. The Bertz CT molecular complexity index is 1380. The van der Waals surface area contributed by atoms with Gasteiger partial charge in [-0.1, -0.05) is 29.5 Å². The van der Waals surface area contributed by atoms with Crippen molar-refractivity contribution in [3.05, 3.63) is 59.8 Å². The van der Waals surface area contributed by atoms with Crippen molar-refractivity contribution in [2.24, 2.45) is 0 Å². The molecule has 8 nitrogen and oxygen atoms in total. The summed E-state index contributed by atoms with van der Waals surface area (Å²) in [6.45, 7) is 2.11. The minimum absolute atomic E-state index is 0.353. The maximum Gasteiger partial charge on any atom is 0.321 e. The molecule has 0 bridgehead atoms. The summed E-state index contributed by atoms with van der Waals surface area (Å²) in [5, 5.41) is 5.78. The van der Waals surface area contributed by atoms with Crippen molar-refractivity contribution in [3.8, 4) is 10.4 Å². The number of urea groups is 1. The monoisotopic (exact) mass is 473 g/mol. The molecule has 4 aromatic rings. The van der Waals surface area contributed by atoms with Crippen molar-refractivity contribution in [3.63, 3.8) is 0 Å². The van der Waals surface area contributed by atoms with Gasteiger partial charge < -0.3 is 10.3 Å². The van der Waals surface area contributed by atoms with E-state index in [0.29, 0.717) is 34.2 Å². The van der Waals surface area contributed by atoms with E-state index < -0.39 is 21.7 Å². The molecular weight excluding hydrogens is 453 g/mol. The molecule has 0 aliphatic heterocycles. The molecule has 4 rings (SSSR count). The Morgan fingerprint density at radius 2 is 1.97 bits per heavy atom. The predicted molar refractivity (Wildman–Crippen MR) is 122 cm³/mol. The predicted octanol–water partition coefficient (Wildman–Crippen LogP) is 3.90. The lowest BCUT2D eigenvalue weighted by molar-refractivity contribution is 0.252. The van der Waals surface area contributed by atoms with E-state index in [1.54, 1.807) is 6.92 Å². The van der Waals surface area contributed by atoms with Crippen molar-refractivity contribution in [1.82, 2.24) is 20.3 Å². The zero-order chi connectivity index (χ0) is 22.9. The van der Waals surface area contributed by atoms with E-state index in [1.165, 1.54) is 23.5 Å². The van der Waals surface area contributed by atoms with Gasteiger partial charge in [-0.15, -0.1) is 0 Å². The molecular formula is C21H20FN5O3S2. The van der Waals surface area contributed by atoms with Crippen molar-refractivity contribution in [1.29, 1.82) is 0 Å². The molecule has 2 heterocycles. The number of aromatic nitrogens is 3. The molecule has 0 atom stereocenters. The highest BCUT2D eigenvalue weighted by atomic mass is 32.2. The van der Waals surface area contributed by atoms with Gasteiger partial charge in [-0.05, 0) is 36.8 Å². The number of nitrogens with one attached hydrogen (secondary N) is 3. The number of aromatic amines is 1. The number of sulfone groups is 1. The Kier molecular flexibility index (Phi) is 5.94. The number of hydrogen-bond donors (Lipinski definition) is 3. The highest BCUT2D eigenvalue weighted by Crippen LogP contribution is 2.34. The quantitative estimate of drug-likeness (QED) is 0.393. The first-order chi connectivity index (χ1) is 15.2. The summed E-state index contributed by atoms with van der Waals surface area (Å²) >= 11 is 1.18. The number of para-hydroxylation sites is 2. The SMILES string of the molecule is Cc1nc(NC(=O)NCCc2nc3ccccc3[nH]2)sc1-c1ccc(S(C)(=O)=O)c(F)c1. The number of halogens is 1. The molecule has 0 unspecified atom stereocenters. The molecule has 0 radical (unpaired) electrons. The topological polar surface area (TPSA) is 117 Å². The summed E-state index contributed by atoms with van der Waals surface area (Å²) in [5.74, 6) is -0.0471. The fourth-order valence-corrected chi connectivity index (χ4v) is 4.91. The van der Waals surface area contributed by atoms with Gasteiger partial charge in [-0.3, -0.25) is 5.32 Å². The number of hydrogen-bond acceptors (Lipinski definition) is 6. The fraction of sp³-hybridized carbons (Fsp3) is 0.190. The van der Waals surface area contributed by atoms with E-state index in [4.69, 9.17) is 0 Å². The summed E-state index contributed by atoms with van der Waals surface area (Å²) < 4.78 is 37.5. The summed E-state index contributed by atoms with van der Waals surface area (Å²) in [4.78, 5) is 24.5. The number of thiazole rings is 1. The average Bonchev–Trinajstić information content (AvgIpc) is 3.29. The molecule has 32 heavy (non-hydrogen) atoms. The molecule has 0 saturated carbocycles. The van der Waals surface area contributed by atoms with Crippen LogP contribution in [0.5, 0.6) is 0 Å². The lowest BCUT2D eigenvalue weighted by atomic mass is 10.1. The zero-order valence-corrected chi connectivity index (χ0v) is 18.9. The second-order valence-electron chi connectivity index (χ2n) is 7.18. The largest absolute Gasteiger partial charge is 0.342 e. The van der Waals surface area contributed by atoms with E-state index in [1.807, 2.05) is 24.3 Å². The third kappa shape index (κ3) is 4.78. The number of nitrogens with zero attached hydrogens (tertiary/aromatic N) is 2. The van der Waals surface area contributed by atoms with Crippen molar-refractivity contribution in [2.75, 3.05) is 18.1 Å². The summed E-state index contributed by atoms with van der Waals surface area (Å²) in [6.07, 6.45) is 1.49. The van der Waals surface area contributed by atoms with Gasteiger partial charge in [0.25, 0.3) is 0 Å². The number of imidazole rings is 1. The number of H-pyrrole nitrogens is 1. The van der Waals surface area contributed by atoms with Gasteiger partial charge in [0.2, 0.25) is 0 Å². The van der Waals surface area contributed by atoms with E-state index in [0.717, 1.165) is 29.2 Å². The van der Waals surface area contributed by atoms with Crippen LogP contribution in [0.1, 0.15) is 11.5 Å². The van der Waals surface area contributed by atoms with Crippen LogP contribution in [0.25, 0.3) is 21.5 Å². The Balaban J connectivity index is 1.38. The first-order valence-electron chi connectivity index (χ1n) is 9.66. The normalized spacial score (nSPS) is 11.6. The van der Waals surface area contributed by atoms with Gasteiger partial charge in [0.15, 0.2) is 15.0 Å². The van der Waals surface area contributed by atoms with Crippen molar-refractivity contribution in [2.45, 2.75) is 18.2 Å². The number of fused-ring (bicyclic) bond motifs is 1. The van der Waals surface area contributed by atoms with Gasteiger partial charge >= 0.3 is 6.03 Å². The Morgan fingerprint density at radius 1 is 1.19 bits per heavy atom. The summed E-state index contributed by atoms with van der Waals surface area (Å²) in [7, 11) is -3.65. The standard InChI is InChI=1S/C21H20FN5O3S2/c1-12-19(13-7-8-17(14(22)11-13)32(2,29)30)31-21(24-12)27-20(28)23-10-9-18-25-15-5-3-4-6-16(15)26-18/h3-8,11H,9-10H2,1-2H3,(H,25,26)(H2,23,24,27,28). The molecule has 0 aliphatic rings. The second-order valence-corrected chi connectivity index (χ2v) is 10.2. The van der Waals surface area contributed by atoms with E-state index in [9.17, 15) is 17.6 Å².